The fraction of sp³-hybridized carbons (Fsp3) is 0.353. The summed E-state index contributed by atoms with van der Waals surface area (Å²) in [6, 6.07) is 2.34. The number of hydrogen-bond acceptors (Lipinski definition) is 4. The number of halogens is 2. The van der Waals surface area contributed by atoms with E-state index in [-0.39, 0.29) is 36.0 Å². The summed E-state index contributed by atoms with van der Waals surface area (Å²) in [5.74, 6) is -2.36. The Labute approximate surface area is 142 Å². The summed E-state index contributed by atoms with van der Waals surface area (Å²) < 4.78 is 32.1. The van der Waals surface area contributed by atoms with Gasteiger partial charge in [-0.1, -0.05) is 0 Å². The minimum Gasteiger partial charge on any atom is -0.480 e. The van der Waals surface area contributed by atoms with E-state index in [9.17, 15) is 18.4 Å². The van der Waals surface area contributed by atoms with Crippen molar-refractivity contribution < 1.29 is 27.9 Å². The third-order valence-corrected chi connectivity index (χ3v) is 4.16. The molecule has 0 saturated carbocycles. The Morgan fingerprint density at radius 2 is 2.16 bits per heavy atom. The van der Waals surface area contributed by atoms with E-state index in [1.165, 1.54) is 17.2 Å². The summed E-state index contributed by atoms with van der Waals surface area (Å²) in [5, 5.41) is 9.11. The van der Waals surface area contributed by atoms with Gasteiger partial charge in [-0.15, -0.1) is 0 Å². The zero-order chi connectivity index (χ0) is 18.0. The summed E-state index contributed by atoms with van der Waals surface area (Å²) in [6.07, 6.45) is 2.65. The first-order chi connectivity index (χ1) is 12.0. The van der Waals surface area contributed by atoms with Crippen molar-refractivity contribution in [3.63, 3.8) is 0 Å². The van der Waals surface area contributed by atoms with Crippen molar-refractivity contribution in [3.8, 4) is 11.3 Å². The maximum absolute atomic E-state index is 13.7. The van der Waals surface area contributed by atoms with Gasteiger partial charge in [-0.3, -0.25) is 4.79 Å². The minimum atomic E-state index is -1.00. The lowest BCUT2D eigenvalue weighted by Crippen LogP contribution is -2.40. The predicted octanol–water partition coefficient (Wildman–Crippen LogP) is 2.63. The Hall–Kier alpha value is -2.77. The van der Waals surface area contributed by atoms with Crippen LogP contribution >= 0.6 is 0 Å². The number of aromatic nitrogens is 1. The van der Waals surface area contributed by atoms with Crippen LogP contribution in [0.3, 0.4) is 0 Å². The highest BCUT2D eigenvalue weighted by molar-refractivity contribution is 5.84. The van der Waals surface area contributed by atoms with Crippen molar-refractivity contribution in [1.82, 2.24) is 9.88 Å². The van der Waals surface area contributed by atoms with E-state index in [1.807, 2.05) is 0 Å². The maximum atomic E-state index is 13.7. The Morgan fingerprint density at radius 3 is 2.88 bits per heavy atom. The van der Waals surface area contributed by atoms with E-state index in [0.29, 0.717) is 19.4 Å². The largest absolute Gasteiger partial charge is 0.480 e. The van der Waals surface area contributed by atoms with Gasteiger partial charge in [0.05, 0.1) is 11.8 Å². The number of rotatable bonds is 5. The van der Waals surface area contributed by atoms with E-state index in [1.54, 1.807) is 0 Å². The summed E-state index contributed by atoms with van der Waals surface area (Å²) in [4.78, 5) is 28.7. The third-order valence-electron chi connectivity index (χ3n) is 4.16. The molecule has 3 rings (SSSR count). The Bertz CT molecular complexity index is 806. The average molecular weight is 350 g/mol. The lowest BCUT2D eigenvalue weighted by molar-refractivity contribution is -0.148. The first-order valence-corrected chi connectivity index (χ1v) is 7.88. The molecule has 6 nitrogen and oxygen atoms in total. The molecule has 2 aromatic rings. The van der Waals surface area contributed by atoms with Crippen molar-refractivity contribution in [2.45, 2.75) is 31.7 Å². The van der Waals surface area contributed by atoms with E-state index >= 15 is 0 Å². The third kappa shape index (κ3) is 3.67. The molecule has 0 bridgehead atoms. The molecule has 0 spiro atoms. The quantitative estimate of drug-likeness (QED) is 0.896. The number of oxazole rings is 1. The molecule has 1 N–H and O–H groups in total. The van der Waals surface area contributed by atoms with Crippen molar-refractivity contribution >= 4 is 11.9 Å². The van der Waals surface area contributed by atoms with Gasteiger partial charge >= 0.3 is 5.97 Å². The van der Waals surface area contributed by atoms with E-state index in [2.05, 4.69) is 4.98 Å². The molecule has 132 valence electrons. The van der Waals surface area contributed by atoms with Crippen LogP contribution in [0.1, 0.15) is 25.2 Å². The van der Waals surface area contributed by atoms with Gasteiger partial charge in [0.25, 0.3) is 0 Å². The Morgan fingerprint density at radius 1 is 1.36 bits per heavy atom. The number of carboxylic acid groups (broad SMARTS) is 1. The van der Waals surface area contributed by atoms with Crippen molar-refractivity contribution in [2.75, 3.05) is 6.54 Å². The number of amides is 1. The van der Waals surface area contributed by atoms with Crippen LogP contribution in [-0.2, 0) is 16.0 Å². The standard InChI is InChI=1S/C17H16F2N2O4/c18-10-3-4-11(12(19)8-10)14-9-20-15(25-14)5-6-16(22)21-7-1-2-13(21)17(23)24/h3-4,8-9,13H,1-2,5-7H2,(H,23,24). The Balaban J connectivity index is 1.64. The van der Waals surface area contributed by atoms with Crippen LogP contribution in [0.4, 0.5) is 8.78 Å². The zero-order valence-corrected chi connectivity index (χ0v) is 13.2. The highest BCUT2D eigenvalue weighted by Crippen LogP contribution is 2.25. The van der Waals surface area contributed by atoms with Crippen molar-refractivity contribution in [1.29, 1.82) is 0 Å². The Kier molecular flexibility index (Phi) is 4.78. The van der Waals surface area contributed by atoms with Crippen molar-refractivity contribution in [3.05, 3.63) is 41.9 Å². The van der Waals surface area contributed by atoms with Gasteiger partial charge in [0.2, 0.25) is 5.91 Å². The molecular formula is C17H16F2N2O4. The SMILES string of the molecule is O=C(O)C1CCCN1C(=O)CCc1ncc(-c2ccc(F)cc2F)o1. The number of carbonyl (C=O) groups is 2. The molecule has 1 fully saturated rings. The average Bonchev–Trinajstić information content (AvgIpc) is 3.22. The molecule has 25 heavy (non-hydrogen) atoms. The lowest BCUT2D eigenvalue weighted by Gasteiger charge is -2.20. The van der Waals surface area contributed by atoms with E-state index in [0.717, 1.165) is 12.1 Å². The molecule has 1 atom stereocenters. The van der Waals surface area contributed by atoms with Crippen LogP contribution in [0.5, 0.6) is 0 Å². The van der Waals surface area contributed by atoms with Crippen LogP contribution in [-0.4, -0.2) is 39.5 Å². The number of aliphatic carboxylic acids is 1. The topological polar surface area (TPSA) is 83.6 Å². The fourth-order valence-electron chi connectivity index (χ4n) is 2.92. The molecule has 1 saturated heterocycles. The van der Waals surface area contributed by atoms with E-state index in [4.69, 9.17) is 9.52 Å². The molecular weight excluding hydrogens is 334 g/mol. The summed E-state index contributed by atoms with van der Waals surface area (Å²) in [6.45, 7) is 0.424. The summed E-state index contributed by atoms with van der Waals surface area (Å²) in [7, 11) is 0. The second-order valence-electron chi connectivity index (χ2n) is 5.83. The molecule has 0 aliphatic carbocycles. The monoisotopic (exact) mass is 350 g/mol. The van der Waals surface area contributed by atoms with Gasteiger partial charge in [0.1, 0.15) is 17.7 Å². The number of benzene rings is 1. The molecule has 1 aromatic heterocycles. The molecule has 1 unspecified atom stereocenters. The second-order valence-corrected chi connectivity index (χ2v) is 5.83. The highest BCUT2D eigenvalue weighted by atomic mass is 19.1. The van der Waals surface area contributed by atoms with Gasteiger partial charge in [-0.05, 0) is 25.0 Å². The number of hydrogen-bond donors (Lipinski definition) is 1. The number of nitrogens with zero attached hydrogens (tertiary/aromatic N) is 2. The minimum absolute atomic E-state index is 0.0512. The summed E-state index contributed by atoms with van der Waals surface area (Å²) >= 11 is 0. The lowest BCUT2D eigenvalue weighted by atomic mass is 10.2. The molecule has 1 aromatic carbocycles. The first-order valence-electron chi connectivity index (χ1n) is 7.88. The van der Waals surface area contributed by atoms with Crippen LogP contribution in [0.15, 0.2) is 28.8 Å². The van der Waals surface area contributed by atoms with Gasteiger partial charge in [-0.2, -0.15) is 0 Å². The summed E-state index contributed by atoms with van der Waals surface area (Å²) in [5.41, 5.74) is 0.0805. The van der Waals surface area contributed by atoms with Gasteiger partial charge < -0.3 is 14.4 Å². The molecule has 1 amide bonds. The fourth-order valence-corrected chi connectivity index (χ4v) is 2.92. The zero-order valence-electron chi connectivity index (χ0n) is 13.2. The smallest absolute Gasteiger partial charge is 0.326 e. The number of aryl methyl sites for hydroxylation is 1. The second kappa shape index (κ2) is 7.00. The number of carbonyl (C=O) groups excluding carboxylic acids is 1. The maximum Gasteiger partial charge on any atom is 0.326 e. The molecule has 1 aliphatic heterocycles. The van der Waals surface area contributed by atoms with Gasteiger partial charge in [0, 0.05) is 25.5 Å². The number of carboxylic acids is 1. The first kappa shape index (κ1) is 17.1. The molecule has 8 heteroatoms. The van der Waals surface area contributed by atoms with Crippen molar-refractivity contribution in [2.24, 2.45) is 0 Å². The normalized spacial score (nSPS) is 17.0. The van der Waals surface area contributed by atoms with Gasteiger partial charge in [-0.25, -0.2) is 18.6 Å². The highest BCUT2D eigenvalue weighted by Gasteiger charge is 2.33. The van der Waals surface area contributed by atoms with Crippen LogP contribution in [0, 0.1) is 11.6 Å². The van der Waals surface area contributed by atoms with E-state index < -0.39 is 23.6 Å². The molecule has 1 aliphatic rings. The number of likely N-dealkylation sites (tertiary alicyclic amines) is 1. The van der Waals surface area contributed by atoms with Crippen LogP contribution in [0.25, 0.3) is 11.3 Å². The molecule has 2 heterocycles. The van der Waals surface area contributed by atoms with Crippen LogP contribution < -0.4 is 0 Å². The molecule has 0 radical (unpaired) electrons. The van der Waals surface area contributed by atoms with Gasteiger partial charge in [0.15, 0.2) is 11.7 Å². The van der Waals surface area contributed by atoms with Crippen LogP contribution in [0.2, 0.25) is 0 Å². The predicted molar refractivity (Wildman–Crippen MR) is 82.5 cm³/mol.